The molecule has 4 nitrogen and oxygen atoms in total. The van der Waals surface area contributed by atoms with Gasteiger partial charge in [0.1, 0.15) is 0 Å². The van der Waals surface area contributed by atoms with E-state index in [4.69, 9.17) is 10.3 Å². The number of benzene rings is 2. The third-order valence-corrected chi connectivity index (χ3v) is 3.79. The van der Waals surface area contributed by atoms with Crippen LogP contribution >= 0.6 is 15.9 Å². The van der Waals surface area contributed by atoms with Gasteiger partial charge in [0.2, 0.25) is 5.82 Å². The van der Waals surface area contributed by atoms with Crippen LogP contribution in [0.15, 0.2) is 51.5 Å². The SMILES string of the molecule is Cc1cc(Br)ccc1-c1noc(-c2ccc(CN)cc2)n1. The fraction of sp³-hybridized carbons (Fsp3) is 0.125. The number of hydrogen-bond donors (Lipinski definition) is 1. The molecule has 3 rings (SSSR count). The van der Waals surface area contributed by atoms with Gasteiger partial charge >= 0.3 is 0 Å². The summed E-state index contributed by atoms with van der Waals surface area (Å²) in [5, 5.41) is 4.07. The van der Waals surface area contributed by atoms with Crippen molar-refractivity contribution >= 4 is 15.9 Å². The molecule has 0 spiro atoms. The third-order valence-electron chi connectivity index (χ3n) is 3.29. The smallest absolute Gasteiger partial charge is 0.258 e. The Morgan fingerprint density at radius 3 is 2.57 bits per heavy atom. The van der Waals surface area contributed by atoms with Crippen LogP contribution in [0.2, 0.25) is 0 Å². The van der Waals surface area contributed by atoms with Crippen molar-refractivity contribution in [2.75, 3.05) is 0 Å². The maximum atomic E-state index is 5.59. The molecule has 0 fully saturated rings. The largest absolute Gasteiger partial charge is 0.334 e. The summed E-state index contributed by atoms with van der Waals surface area (Å²) in [5.41, 5.74) is 9.61. The highest BCUT2D eigenvalue weighted by molar-refractivity contribution is 9.10. The van der Waals surface area contributed by atoms with E-state index in [1.165, 1.54) is 0 Å². The number of rotatable bonds is 3. The van der Waals surface area contributed by atoms with Gasteiger partial charge in [-0.3, -0.25) is 0 Å². The zero-order valence-electron chi connectivity index (χ0n) is 11.5. The van der Waals surface area contributed by atoms with E-state index in [0.29, 0.717) is 18.3 Å². The van der Waals surface area contributed by atoms with Gasteiger partial charge < -0.3 is 10.3 Å². The highest BCUT2D eigenvalue weighted by Crippen LogP contribution is 2.26. The summed E-state index contributed by atoms with van der Waals surface area (Å²) in [6.45, 7) is 2.54. The first kappa shape index (κ1) is 14.0. The number of aryl methyl sites for hydroxylation is 1. The van der Waals surface area contributed by atoms with E-state index < -0.39 is 0 Å². The lowest BCUT2D eigenvalue weighted by molar-refractivity contribution is 0.432. The van der Waals surface area contributed by atoms with Gasteiger partial charge in [0.25, 0.3) is 5.89 Å². The van der Waals surface area contributed by atoms with Crippen molar-refractivity contribution in [3.05, 3.63) is 58.1 Å². The van der Waals surface area contributed by atoms with Crippen LogP contribution in [0.25, 0.3) is 22.8 Å². The van der Waals surface area contributed by atoms with Crippen LogP contribution in [0.5, 0.6) is 0 Å². The monoisotopic (exact) mass is 343 g/mol. The fourth-order valence-electron chi connectivity index (χ4n) is 2.11. The molecule has 21 heavy (non-hydrogen) atoms. The van der Waals surface area contributed by atoms with Crippen LogP contribution in [0.4, 0.5) is 0 Å². The lowest BCUT2D eigenvalue weighted by Crippen LogP contribution is -1.95. The van der Waals surface area contributed by atoms with Crippen LogP contribution in [0, 0.1) is 6.92 Å². The van der Waals surface area contributed by atoms with Gasteiger partial charge in [0, 0.05) is 22.1 Å². The van der Waals surface area contributed by atoms with Crippen molar-refractivity contribution in [1.29, 1.82) is 0 Å². The molecular weight excluding hydrogens is 330 g/mol. The number of aromatic nitrogens is 2. The molecule has 5 heteroatoms. The molecule has 0 unspecified atom stereocenters. The summed E-state index contributed by atoms with van der Waals surface area (Å²) in [7, 11) is 0. The Morgan fingerprint density at radius 1 is 1.14 bits per heavy atom. The minimum atomic E-state index is 0.510. The zero-order valence-corrected chi connectivity index (χ0v) is 13.1. The van der Waals surface area contributed by atoms with Gasteiger partial charge in [-0.25, -0.2) is 0 Å². The molecule has 0 radical (unpaired) electrons. The average molecular weight is 344 g/mol. The fourth-order valence-corrected chi connectivity index (χ4v) is 2.59. The lowest BCUT2D eigenvalue weighted by atomic mass is 10.1. The Bertz CT molecular complexity index is 765. The lowest BCUT2D eigenvalue weighted by Gasteiger charge is -2.00. The normalized spacial score (nSPS) is 10.8. The van der Waals surface area contributed by atoms with Crippen molar-refractivity contribution in [3.63, 3.8) is 0 Å². The molecule has 106 valence electrons. The molecule has 0 aliphatic heterocycles. The summed E-state index contributed by atoms with van der Waals surface area (Å²) >= 11 is 3.45. The molecule has 0 aliphatic carbocycles. The molecule has 1 heterocycles. The standard InChI is InChI=1S/C16H14BrN3O/c1-10-8-13(17)6-7-14(10)15-19-16(21-20-15)12-4-2-11(9-18)3-5-12/h2-8H,9,18H2,1H3. The van der Waals surface area contributed by atoms with Crippen LogP contribution in [0.1, 0.15) is 11.1 Å². The van der Waals surface area contributed by atoms with Crippen molar-refractivity contribution in [2.24, 2.45) is 5.73 Å². The van der Waals surface area contributed by atoms with Crippen molar-refractivity contribution < 1.29 is 4.52 Å². The molecule has 0 bridgehead atoms. The highest BCUT2D eigenvalue weighted by Gasteiger charge is 2.12. The summed E-state index contributed by atoms with van der Waals surface area (Å²) in [6.07, 6.45) is 0. The second kappa shape index (κ2) is 5.79. The van der Waals surface area contributed by atoms with E-state index in [-0.39, 0.29) is 0 Å². The maximum Gasteiger partial charge on any atom is 0.258 e. The molecule has 0 saturated heterocycles. The Kier molecular flexibility index (Phi) is 3.86. The second-order valence-corrected chi connectivity index (χ2v) is 5.70. The molecular formula is C16H14BrN3O. The molecule has 0 amide bonds. The number of halogens is 1. The first-order valence-corrected chi connectivity index (χ1v) is 7.36. The minimum absolute atomic E-state index is 0.510. The van der Waals surface area contributed by atoms with Crippen molar-refractivity contribution in [3.8, 4) is 22.8 Å². The van der Waals surface area contributed by atoms with E-state index in [9.17, 15) is 0 Å². The van der Waals surface area contributed by atoms with Gasteiger partial charge in [0.05, 0.1) is 0 Å². The summed E-state index contributed by atoms with van der Waals surface area (Å²) in [6, 6.07) is 13.8. The van der Waals surface area contributed by atoms with Crippen LogP contribution < -0.4 is 5.73 Å². The van der Waals surface area contributed by atoms with Gasteiger partial charge in [0.15, 0.2) is 0 Å². The molecule has 0 aliphatic rings. The first-order chi connectivity index (χ1) is 10.2. The Hall–Kier alpha value is -1.98. The van der Waals surface area contributed by atoms with E-state index in [2.05, 4.69) is 26.1 Å². The molecule has 0 atom stereocenters. The van der Waals surface area contributed by atoms with Gasteiger partial charge in [-0.15, -0.1) is 0 Å². The van der Waals surface area contributed by atoms with Crippen molar-refractivity contribution in [2.45, 2.75) is 13.5 Å². The van der Waals surface area contributed by atoms with Gasteiger partial charge in [-0.1, -0.05) is 33.2 Å². The van der Waals surface area contributed by atoms with Gasteiger partial charge in [-0.2, -0.15) is 4.98 Å². The number of hydrogen-bond acceptors (Lipinski definition) is 4. The number of nitrogens with two attached hydrogens (primary N) is 1. The quantitative estimate of drug-likeness (QED) is 0.782. The minimum Gasteiger partial charge on any atom is -0.334 e. The molecule has 2 N–H and O–H groups in total. The predicted octanol–water partition coefficient (Wildman–Crippen LogP) is 3.93. The molecule has 1 aromatic heterocycles. The van der Waals surface area contributed by atoms with E-state index in [1.807, 2.05) is 49.4 Å². The van der Waals surface area contributed by atoms with Crippen molar-refractivity contribution in [1.82, 2.24) is 10.1 Å². The van der Waals surface area contributed by atoms with E-state index >= 15 is 0 Å². The summed E-state index contributed by atoms with van der Waals surface area (Å²) in [5.74, 6) is 1.11. The van der Waals surface area contributed by atoms with E-state index in [0.717, 1.165) is 26.7 Å². The Morgan fingerprint density at radius 2 is 1.90 bits per heavy atom. The predicted molar refractivity (Wildman–Crippen MR) is 85.5 cm³/mol. The Balaban J connectivity index is 1.95. The Labute approximate surface area is 131 Å². The van der Waals surface area contributed by atoms with Gasteiger partial charge in [-0.05, 0) is 48.4 Å². The maximum absolute atomic E-state index is 5.59. The first-order valence-electron chi connectivity index (χ1n) is 6.57. The topological polar surface area (TPSA) is 64.9 Å². The molecule has 3 aromatic rings. The summed E-state index contributed by atoms with van der Waals surface area (Å²) < 4.78 is 6.39. The molecule has 0 saturated carbocycles. The highest BCUT2D eigenvalue weighted by atomic mass is 79.9. The van der Waals surface area contributed by atoms with Crippen LogP contribution in [-0.4, -0.2) is 10.1 Å². The van der Waals surface area contributed by atoms with Crippen LogP contribution in [-0.2, 0) is 6.54 Å². The third kappa shape index (κ3) is 2.89. The molecule has 2 aromatic carbocycles. The summed E-state index contributed by atoms with van der Waals surface area (Å²) in [4.78, 5) is 4.47. The average Bonchev–Trinajstić information content (AvgIpc) is 2.97. The van der Waals surface area contributed by atoms with E-state index in [1.54, 1.807) is 0 Å². The van der Waals surface area contributed by atoms with Crippen LogP contribution in [0.3, 0.4) is 0 Å². The number of nitrogens with zero attached hydrogens (tertiary/aromatic N) is 2. The second-order valence-electron chi connectivity index (χ2n) is 4.78. The zero-order chi connectivity index (χ0) is 14.8.